The Morgan fingerprint density at radius 3 is 2.87 bits per heavy atom. The predicted octanol–water partition coefficient (Wildman–Crippen LogP) is 2.61. The van der Waals surface area contributed by atoms with Crippen molar-refractivity contribution in [2.75, 3.05) is 7.11 Å². The highest BCUT2D eigenvalue weighted by molar-refractivity contribution is 5.56. The van der Waals surface area contributed by atoms with Crippen LogP contribution < -0.4 is 4.74 Å². The fourth-order valence-electron chi connectivity index (χ4n) is 1.36. The lowest BCUT2D eigenvalue weighted by Gasteiger charge is -2.05. The molecule has 0 unspecified atom stereocenters. The van der Waals surface area contributed by atoms with Crippen molar-refractivity contribution in [2.45, 2.75) is 19.8 Å². The molecule has 0 N–H and O–H groups in total. The van der Waals surface area contributed by atoms with Gasteiger partial charge in [-0.3, -0.25) is 0 Å². The van der Waals surface area contributed by atoms with Crippen LogP contribution in [-0.2, 0) is 11.3 Å². The first-order chi connectivity index (χ1) is 7.27. The van der Waals surface area contributed by atoms with Gasteiger partial charge < -0.3 is 9.57 Å². The first-order valence-electron chi connectivity index (χ1n) is 4.79. The Bertz CT molecular complexity index is 334. The van der Waals surface area contributed by atoms with Gasteiger partial charge in [0.05, 0.1) is 0 Å². The monoisotopic (exact) mass is 205 g/mol. The first-order valence-corrected chi connectivity index (χ1v) is 4.79. The summed E-state index contributed by atoms with van der Waals surface area (Å²) in [7, 11) is 6.64. The molecule has 0 amide bonds. The van der Waals surface area contributed by atoms with E-state index in [1.807, 2.05) is 19.1 Å². The number of nitrogens with zero attached hydrogens (tertiary/aromatic N) is 1. The van der Waals surface area contributed by atoms with Crippen LogP contribution in [0.1, 0.15) is 17.5 Å². The minimum atomic E-state index is 0.712. The lowest BCUT2D eigenvalue weighted by atomic mass is 10.1. The molecule has 0 aliphatic heterocycles. The highest BCUT2D eigenvalue weighted by atomic mass is 16.6. The van der Waals surface area contributed by atoms with Crippen LogP contribution >= 0.6 is 0 Å². The molecule has 0 aliphatic carbocycles. The Hall–Kier alpha value is -1.51. The Morgan fingerprint density at radius 1 is 1.47 bits per heavy atom. The standard InChI is InChI=1S/C12H15NO2/c1-10-9-11(5-4-8-13-15-3)6-7-12(10)14-2/h2,6-9H,4-5H2,1,3H3. The Kier molecular flexibility index (Phi) is 4.68. The van der Waals surface area contributed by atoms with Crippen molar-refractivity contribution in [2.24, 2.45) is 5.16 Å². The zero-order chi connectivity index (χ0) is 11.1. The van der Waals surface area contributed by atoms with E-state index >= 15 is 0 Å². The third-order valence-corrected chi connectivity index (χ3v) is 2.11. The van der Waals surface area contributed by atoms with E-state index in [2.05, 4.69) is 16.1 Å². The van der Waals surface area contributed by atoms with Crippen molar-refractivity contribution in [1.29, 1.82) is 0 Å². The second-order valence-corrected chi connectivity index (χ2v) is 3.23. The van der Waals surface area contributed by atoms with Gasteiger partial charge in [0.1, 0.15) is 12.9 Å². The minimum absolute atomic E-state index is 0.712. The number of oxime groups is 1. The van der Waals surface area contributed by atoms with E-state index in [0.717, 1.165) is 18.4 Å². The van der Waals surface area contributed by atoms with Gasteiger partial charge >= 0.3 is 0 Å². The third kappa shape index (κ3) is 3.62. The van der Waals surface area contributed by atoms with Gasteiger partial charge in [-0.25, -0.2) is 0 Å². The van der Waals surface area contributed by atoms with Crippen LogP contribution in [0.15, 0.2) is 23.4 Å². The molecule has 0 aliphatic rings. The van der Waals surface area contributed by atoms with Crippen LogP contribution in [0.3, 0.4) is 0 Å². The average Bonchev–Trinajstić information content (AvgIpc) is 2.25. The highest BCUT2D eigenvalue weighted by Gasteiger charge is 1.99. The van der Waals surface area contributed by atoms with Crippen LogP contribution in [0, 0.1) is 14.0 Å². The predicted molar refractivity (Wildman–Crippen MR) is 59.9 cm³/mol. The molecule has 1 rings (SSSR count). The van der Waals surface area contributed by atoms with Crippen LogP contribution in [0.25, 0.3) is 0 Å². The van der Waals surface area contributed by atoms with E-state index in [0.29, 0.717) is 5.75 Å². The molecule has 1 aromatic carbocycles. The van der Waals surface area contributed by atoms with Crippen molar-refractivity contribution in [3.8, 4) is 5.75 Å². The molecule has 15 heavy (non-hydrogen) atoms. The van der Waals surface area contributed by atoms with E-state index in [1.165, 1.54) is 12.7 Å². The third-order valence-electron chi connectivity index (χ3n) is 2.11. The Morgan fingerprint density at radius 2 is 2.27 bits per heavy atom. The largest absolute Gasteiger partial charge is 0.482 e. The van der Waals surface area contributed by atoms with Crippen molar-refractivity contribution in [3.63, 3.8) is 0 Å². The number of ether oxygens (including phenoxy) is 1. The number of hydrogen-bond donors (Lipinski definition) is 0. The Labute approximate surface area is 90.7 Å². The molecule has 0 heterocycles. The highest BCUT2D eigenvalue weighted by Crippen LogP contribution is 2.19. The maximum absolute atomic E-state index is 5.10. The van der Waals surface area contributed by atoms with Crippen molar-refractivity contribution >= 4 is 6.21 Å². The summed E-state index contributed by atoms with van der Waals surface area (Å²) in [5.74, 6) is 0.712. The van der Waals surface area contributed by atoms with Gasteiger partial charge in [-0.15, -0.1) is 0 Å². The first kappa shape index (κ1) is 11.6. The summed E-state index contributed by atoms with van der Waals surface area (Å²) >= 11 is 0. The zero-order valence-electron chi connectivity index (χ0n) is 9.06. The molecule has 0 atom stereocenters. The molecule has 1 aromatic rings. The molecule has 80 valence electrons. The van der Waals surface area contributed by atoms with Gasteiger partial charge in [-0.1, -0.05) is 17.3 Å². The topological polar surface area (TPSA) is 30.8 Å². The maximum Gasteiger partial charge on any atom is 0.180 e. The van der Waals surface area contributed by atoms with Crippen LogP contribution in [0.2, 0.25) is 0 Å². The van der Waals surface area contributed by atoms with E-state index in [4.69, 9.17) is 11.8 Å². The molecular formula is C12H15NO2. The number of benzene rings is 1. The van der Waals surface area contributed by atoms with Gasteiger partial charge in [0.25, 0.3) is 0 Å². The quantitative estimate of drug-likeness (QED) is 0.546. The van der Waals surface area contributed by atoms with Gasteiger partial charge in [-0.2, -0.15) is 0 Å². The fraction of sp³-hybridized carbons (Fsp3) is 0.333. The summed E-state index contributed by atoms with van der Waals surface area (Å²) < 4.78 is 4.70. The molecule has 0 saturated heterocycles. The van der Waals surface area contributed by atoms with E-state index in [9.17, 15) is 0 Å². The SMILES string of the molecule is [CH]Oc1ccc(CCC=NOC)cc1C. The molecule has 0 spiro atoms. The fourth-order valence-corrected chi connectivity index (χ4v) is 1.36. The Balaban J connectivity index is 2.55. The maximum atomic E-state index is 5.10. The minimum Gasteiger partial charge on any atom is -0.482 e. The molecular weight excluding hydrogens is 190 g/mol. The van der Waals surface area contributed by atoms with Crippen molar-refractivity contribution in [3.05, 3.63) is 36.4 Å². The van der Waals surface area contributed by atoms with Crippen molar-refractivity contribution in [1.82, 2.24) is 0 Å². The zero-order valence-corrected chi connectivity index (χ0v) is 9.06. The average molecular weight is 205 g/mol. The summed E-state index contributed by atoms with van der Waals surface area (Å²) in [4.78, 5) is 4.57. The molecule has 2 radical (unpaired) electrons. The summed E-state index contributed by atoms with van der Waals surface area (Å²) in [5.41, 5.74) is 2.27. The van der Waals surface area contributed by atoms with Gasteiger partial charge in [-0.05, 0) is 37.0 Å². The van der Waals surface area contributed by atoms with Gasteiger partial charge in [0.2, 0.25) is 0 Å². The summed E-state index contributed by atoms with van der Waals surface area (Å²) in [6, 6.07) is 5.93. The summed E-state index contributed by atoms with van der Waals surface area (Å²) in [5, 5.41) is 3.67. The molecule has 3 nitrogen and oxygen atoms in total. The molecule has 3 heteroatoms. The van der Waals surface area contributed by atoms with Gasteiger partial charge in [0.15, 0.2) is 7.11 Å². The smallest absolute Gasteiger partial charge is 0.180 e. The number of rotatable bonds is 5. The number of aryl methyl sites for hydroxylation is 2. The second kappa shape index (κ2) is 6.06. The van der Waals surface area contributed by atoms with Crippen LogP contribution in [-0.4, -0.2) is 13.3 Å². The van der Waals surface area contributed by atoms with E-state index < -0.39 is 0 Å². The lowest BCUT2D eigenvalue weighted by Crippen LogP contribution is -1.90. The summed E-state index contributed by atoms with van der Waals surface area (Å²) in [6.45, 7) is 1.97. The van der Waals surface area contributed by atoms with Crippen LogP contribution in [0.5, 0.6) is 5.75 Å². The normalized spacial score (nSPS) is 10.6. The lowest BCUT2D eigenvalue weighted by molar-refractivity contribution is 0.214. The van der Waals surface area contributed by atoms with Crippen LogP contribution in [0.4, 0.5) is 0 Å². The molecule has 0 aromatic heterocycles. The second-order valence-electron chi connectivity index (χ2n) is 3.23. The van der Waals surface area contributed by atoms with E-state index in [1.54, 1.807) is 6.21 Å². The molecule has 0 bridgehead atoms. The van der Waals surface area contributed by atoms with Crippen molar-refractivity contribution < 1.29 is 9.57 Å². The molecule has 0 saturated carbocycles. The number of hydrogen-bond acceptors (Lipinski definition) is 3. The van der Waals surface area contributed by atoms with E-state index in [-0.39, 0.29) is 0 Å². The molecule has 0 fully saturated rings. The van der Waals surface area contributed by atoms with Gasteiger partial charge in [0, 0.05) is 6.21 Å². The summed E-state index contributed by atoms with van der Waals surface area (Å²) in [6.07, 6.45) is 3.54.